The zero-order valence-electron chi connectivity index (χ0n) is 25.1. The van der Waals surface area contributed by atoms with Crippen LogP contribution < -0.4 is 14.8 Å². The minimum Gasteiger partial charge on any atom is -0.494 e. The molecule has 0 aliphatic rings. The first-order valence-corrected chi connectivity index (χ1v) is 14.6. The molecule has 0 atom stereocenters. The summed E-state index contributed by atoms with van der Waals surface area (Å²) in [6.07, 6.45) is 8.10. The number of anilines is 1. The van der Waals surface area contributed by atoms with E-state index in [-0.39, 0.29) is 42.5 Å². The lowest BCUT2D eigenvalue weighted by atomic mass is 10.1. The Hall–Kier alpha value is -3.81. The van der Waals surface area contributed by atoms with Crippen molar-refractivity contribution in [1.29, 1.82) is 0 Å². The molecule has 0 spiro atoms. The summed E-state index contributed by atoms with van der Waals surface area (Å²) >= 11 is 0. The number of esters is 2. The highest BCUT2D eigenvalue weighted by Gasteiger charge is 2.20. The van der Waals surface area contributed by atoms with Crippen molar-refractivity contribution < 1.29 is 33.3 Å². The maximum Gasteiger partial charge on any atom is 0.374 e. The van der Waals surface area contributed by atoms with Crippen molar-refractivity contribution in [2.75, 3.05) is 25.1 Å². The summed E-state index contributed by atoms with van der Waals surface area (Å²) in [6, 6.07) is 13.5. The molecule has 0 unspecified atom stereocenters. The van der Waals surface area contributed by atoms with E-state index >= 15 is 0 Å². The molecule has 8 heteroatoms. The normalized spacial score (nSPS) is 11.3. The van der Waals surface area contributed by atoms with E-state index in [4.69, 9.17) is 18.9 Å². The highest BCUT2D eigenvalue weighted by molar-refractivity contribution is 6.05. The van der Waals surface area contributed by atoms with E-state index in [1.807, 2.05) is 27.7 Å². The van der Waals surface area contributed by atoms with Crippen LogP contribution in [0.1, 0.15) is 83.5 Å². The van der Waals surface area contributed by atoms with Crippen molar-refractivity contribution in [2.45, 2.75) is 73.1 Å². The number of benzene rings is 2. The average molecular weight is 568 g/mol. The summed E-state index contributed by atoms with van der Waals surface area (Å²) in [7, 11) is 0. The number of hydrogen-bond acceptors (Lipinski definition) is 7. The van der Waals surface area contributed by atoms with E-state index in [2.05, 4.69) is 12.2 Å². The van der Waals surface area contributed by atoms with Crippen LogP contribution in [0.3, 0.4) is 0 Å². The molecular weight excluding hydrogens is 522 g/mol. The van der Waals surface area contributed by atoms with Crippen molar-refractivity contribution >= 4 is 23.5 Å². The Balaban J connectivity index is 2.06. The van der Waals surface area contributed by atoms with Gasteiger partial charge in [-0.3, -0.25) is 4.79 Å². The van der Waals surface area contributed by atoms with Gasteiger partial charge in [-0.1, -0.05) is 78.9 Å². The van der Waals surface area contributed by atoms with Gasteiger partial charge in [-0.15, -0.1) is 0 Å². The molecule has 0 aromatic heterocycles. The van der Waals surface area contributed by atoms with Crippen molar-refractivity contribution in [3.63, 3.8) is 0 Å². The van der Waals surface area contributed by atoms with Crippen molar-refractivity contribution in [3.05, 3.63) is 65.9 Å². The first-order valence-electron chi connectivity index (χ1n) is 14.6. The molecule has 0 aliphatic heterocycles. The van der Waals surface area contributed by atoms with Gasteiger partial charge in [0.15, 0.2) is 5.75 Å². The van der Waals surface area contributed by atoms with E-state index in [9.17, 15) is 14.4 Å². The van der Waals surface area contributed by atoms with E-state index in [1.54, 1.807) is 48.5 Å². The summed E-state index contributed by atoms with van der Waals surface area (Å²) < 4.78 is 22.1. The Morgan fingerprint density at radius 3 is 2.12 bits per heavy atom. The van der Waals surface area contributed by atoms with Gasteiger partial charge in [0, 0.05) is 5.56 Å². The van der Waals surface area contributed by atoms with Gasteiger partial charge in [-0.25, -0.2) is 9.59 Å². The smallest absolute Gasteiger partial charge is 0.374 e. The maximum atomic E-state index is 13.0. The number of hydrogen-bond donors (Lipinski definition) is 1. The molecule has 41 heavy (non-hydrogen) atoms. The summed E-state index contributed by atoms with van der Waals surface area (Å²) in [5.41, 5.74) is 0.745. The molecule has 0 saturated carbocycles. The fourth-order valence-corrected chi connectivity index (χ4v) is 3.59. The second kappa shape index (κ2) is 18.5. The Kier molecular flexibility index (Phi) is 15.1. The Morgan fingerprint density at radius 1 is 0.805 bits per heavy atom. The van der Waals surface area contributed by atoms with Gasteiger partial charge < -0.3 is 24.3 Å². The van der Waals surface area contributed by atoms with Crippen LogP contribution in [0.2, 0.25) is 0 Å². The molecule has 1 amide bonds. The first kappa shape index (κ1) is 33.4. The van der Waals surface area contributed by atoms with Crippen LogP contribution >= 0.6 is 0 Å². The topological polar surface area (TPSA) is 100 Å². The molecule has 1 N–H and O–H groups in total. The highest BCUT2D eigenvalue weighted by Crippen LogP contribution is 2.27. The van der Waals surface area contributed by atoms with Crippen LogP contribution in [0.15, 0.2) is 60.4 Å². The lowest BCUT2D eigenvalue weighted by Crippen LogP contribution is -2.19. The minimum absolute atomic E-state index is 0.0898. The lowest BCUT2D eigenvalue weighted by Gasteiger charge is -2.15. The van der Waals surface area contributed by atoms with Gasteiger partial charge in [0.1, 0.15) is 5.75 Å². The van der Waals surface area contributed by atoms with Crippen LogP contribution in [0.25, 0.3) is 0 Å². The number of amides is 1. The Labute approximate surface area is 244 Å². The number of carbonyl (C=O) groups is 3. The monoisotopic (exact) mass is 567 g/mol. The van der Waals surface area contributed by atoms with Crippen LogP contribution in [-0.4, -0.2) is 37.7 Å². The highest BCUT2D eigenvalue weighted by atomic mass is 16.6. The predicted octanol–water partition coefficient (Wildman–Crippen LogP) is 7.34. The molecular formula is C33H45NO7. The molecule has 8 nitrogen and oxygen atoms in total. The zero-order chi connectivity index (χ0) is 30.0. The molecule has 0 radical (unpaired) electrons. The van der Waals surface area contributed by atoms with Gasteiger partial charge in [-0.05, 0) is 54.7 Å². The fraction of sp³-hybridized carbons (Fsp3) is 0.485. The number of nitrogens with one attached hydrogen (secondary N) is 1. The summed E-state index contributed by atoms with van der Waals surface area (Å²) in [5, 5.41) is 2.81. The van der Waals surface area contributed by atoms with Gasteiger partial charge >= 0.3 is 11.9 Å². The van der Waals surface area contributed by atoms with Crippen molar-refractivity contribution in [2.24, 2.45) is 11.8 Å². The molecule has 0 fully saturated rings. The molecule has 2 aromatic rings. The van der Waals surface area contributed by atoms with Crippen molar-refractivity contribution in [3.8, 4) is 11.5 Å². The maximum absolute atomic E-state index is 13.0. The van der Waals surface area contributed by atoms with E-state index in [0.717, 1.165) is 18.9 Å². The second-order valence-corrected chi connectivity index (χ2v) is 10.7. The molecule has 0 bridgehead atoms. The van der Waals surface area contributed by atoms with Crippen LogP contribution in [0.5, 0.6) is 11.5 Å². The summed E-state index contributed by atoms with van der Waals surface area (Å²) in [6.45, 7) is 10.8. The number of rotatable bonds is 18. The molecule has 0 aliphatic carbocycles. The first-order chi connectivity index (χ1) is 19.7. The molecule has 0 saturated heterocycles. The summed E-state index contributed by atoms with van der Waals surface area (Å²) in [5.74, 6) is -1.15. The fourth-order valence-electron chi connectivity index (χ4n) is 3.59. The van der Waals surface area contributed by atoms with Gasteiger partial charge in [0.25, 0.3) is 5.91 Å². The number of para-hydroxylation sites is 2. The van der Waals surface area contributed by atoms with Gasteiger partial charge in [-0.2, -0.15) is 0 Å². The van der Waals surface area contributed by atoms with E-state index in [1.165, 1.54) is 25.7 Å². The third-order valence-electron chi connectivity index (χ3n) is 5.80. The molecule has 0 heterocycles. The molecule has 2 aromatic carbocycles. The minimum atomic E-state index is -0.808. The number of ether oxygens (including phenoxy) is 4. The number of unbranched alkanes of at least 4 members (excludes halogenated alkanes) is 5. The SMILES string of the molecule is CCCCCCCCOc1ccc(C(=O)Nc2ccccc2O/C(=C\C(=O)OCC(C)C)C(=O)OCC(C)C)cc1. The average Bonchev–Trinajstić information content (AvgIpc) is 2.95. The van der Waals surface area contributed by atoms with E-state index in [0.29, 0.717) is 23.6 Å². The van der Waals surface area contributed by atoms with Crippen molar-refractivity contribution in [1.82, 2.24) is 0 Å². The third-order valence-corrected chi connectivity index (χ3v) is 5.80. The standard InChI is InChI=1S/C33H45NO7/c1-6-7-8-9-10-13-20-38-27-18-16-26(17-19-27)32(36)34-28-14-11-12-15-29(28)41-30(33(37)40-23-25(4)5)21-31(35)39-22-24(2)3/h11-12,14-19,21,24-25H,6-10,13,20,22-23H2,1-5H3,(H,34,36)/b30-21-. The summed E-state index contributed by atoms with van der Waals surface area (Å²) in [4.78, 5) is 38.1. The predicted molar refractivity (Wildman–Crippen MR) is 160 cm³/mol. The third kappa shape index (κ3) is 13.4. The molecule has 224 valence electrons. The quantitative estimate of drug-likeness (QED) is 0.0870. The lowest BCUT2D eigenvalue weighted by molar-refractivity contribution is -0.144. The second-order valence-electron chi connectivity index (χ2n) is 10.7. The van der Waals surface area contributed by atoms with Gasteiger partial charge in [0.2, 0.25) is 5.76 Å². The Bertz CT molecular complexity index is 1120. The van der Waals surface area contributed by atoms with Crippen LogP contribution in [0.4, 0.5) is 5.69 Å². The molecule has 2 rings (SSSR count). The zero-order valence-corrected chi connectivity index (χ0v) is 25.1. The number of carbonyl (C=O) groups excluding carboxylic acids is 3. The van der Waals surface area contributed by atoms with E-state index < -0.39 is 11.9 Å². The van der Waals surface area contributed by atoms with Crippen LogP contribution in [0, 0.1) is 11.8 Å². The van der Waals surface area contributed by atoms with Gasteiger partial charge in [0.05, 0.1) is 31.6 Å². The Morgan fingerprint density at radius 2 is 1.44 bits per heavy atom. The van der Waals surface area contributed by atoms with Crippen LogP contribution in [-0.2, 0) is 19.1 Å². The largest absolute Gasteiger partial charge is 0.494 e.